The van der Waals surface area contributed by atoms with Crippen LogP contribution in [0.2, 0.25) is 0 Å². The van der Waals surface area contributed by atoms with Crippen LogP contribution in [0.4, 0.5) is 5.69 Å². The number of aromatic nitrogens is 2. The predicted octanol–water partition coefficient (Wildman–Crippen LogP) is 6.79. The summed E-state index contributed by atoms with van der Waals surface area (Å²) in [6, 6.07) is 25.8. The van der Waals surface area contributed by atoms with Gasteiger partial charge >= 0.3 is 0 Å². The van der Waals surface area contributed by atoms with Gasteiger partial charge in [0.15, 0.2) is 5.11 Å². The summed E-state index contributed by atoms with van der Waals surface area (Å²) in [5.41, 5.74) is 9.71. The zero-order valence-electron chi connectivity index (χ0n) is 20.8. The lowest BCUT2D eigenvalue weighted by atomic mass is 9.96. The zero-order valence-corrected chi connectivity index (χ0v) is 21.6. The molecule has 178 valence electrons. The molecule has 1 aliphatic rings. The molecule has 5 rings (SSSR count). The van der Waals surface area contributed by atoms with Crippen LogP contribution in [0.1, 0.15) is 59.7 Å². The van der Waals surface area contributed by atoms with Crippen LogP contribution < -0.4 is 10.2 Å². The normalized spacial score (nSPS) is 17.6. The largest absolute Gasteiger partial charge is 0.351 e. The number of nitrogens with one attached hydrogen (secondary N) is 1. The van der Waals surface area contributed by atoms with E-state index < -0.39 is 0 Å². The number of rotatable bonds is 6. The van der Waals surface area contributed by atoms with Crippen LogP contribution in [0.3, 0.4) is 0 Å². The Morgan fingerprint density at radius 1 is 0.914 bits per heavy atom. The van der Waals surface area contributed by atoms with Gasteiger partial charge in [0.25, 0.3) is 0 Å². The van der Waals surface area contributed by atoms with Gasteiger partial charge in [0.1, 0.15) is 0 Å². The van der Waals surface area contributed by atoms with E-state index in [1.54, 1.807) is 0 Å². The van der Waals surface area contributed by atoms with Gasteiger partial charge in [-0.3, -0.25) is 4.98 Å². The molecule has 0 aliphatic carbocycles. The van der Waals surface area contributed by atoms with E-state index in [2.05, 4.69) is 103 Å². The Balaban J connectivity index is 1.68. The maximum absolute atomic E-state index is 5.93. The average molecular weight is 481 g/mol. The summed E-state index contributed by atoms with van der Waals surface area (Å²) in [5, 5.41) is 4.33. The Morgan fingerprint density at radius 2 is 1.66 bits per heavy atom. The lowest BCUT2D eigenvalue weighted by molar-refractivity contribution is 0.565. The predicted molar refractivity (Wildman–Crippen MR) is 148 cm³/mol. The molecule has 5 heteroatoms. The Kier molecular flexibility index (Phi) is 6.44. The van der Waals surface area contributed by atoms with Gasteiger partial charge in [0.05, 0.1) is 17.8 Å². The van der Waals surface area contributed by atoms with E-state index in [0.29, 0.717) is 0 Å². The molecular formula is C30H32N4S. The lowest BCUT2D eigenvalue weighted by Gasteiger charge is -2.28. The highest BCUT2D eigenvalue weighted by molar-refractivity contribution is 7.80. The second kappa shape index (κ2) is 9.67. The van der Waals surface area contributed by atoms with Crippen LogP contribution >= 0.6 is 12.2 Å². The summed E-state index contributed by atoms with van der Waals surface area (Å²) in [7, 11) is 0. The summed E-state index contributed by atoms with van der Waals surface area (Å²) in [6.07, 6.45) is 3.86. The number of para-hydroxylation sites is 1. The van der Waals surface area contributed by atoms with Gasteiger partial charge in [-0.05, 0) is 92.0 Å². The number of aryl methyl sites for hydroxylation is 3. The number of nitrogens with zero attached hydrogens (tertiary/aromatic N) is 3. The topological polar surface area (TPSA) is 33.1 Å². The fourth-order valence-corrected chi connectivity index (χ4v) is 5.67. The lowest BCUT2D eigenvalue weighted by Crippen LogP contribution is -2.29. The standard InChI is InChI=1S/C30H32N4S/c1-5-22-14-16-24(17-15-22)34-29(28(32-30(34)35)26-12-9-10-18-31-26)25-19-20(3)33(21(25)4)27-13-8-7-11-23(27)6-2/h7-19,28-29H,5-6H2,1-4H3,(H,32,35)/t28-,29-/m0/s1. The molecule has 0 unspecified atom stereocenters. The molecule has 1 aliphatic heterocycles. The van der Waals surface area contributed by atoms with Crippen LogP contribution in [-0.2, 0) is 12.8 Å². The van der Waals surface area contributed by atoms with Crippen molar-refractivity contribution in [2.24, 2.45) is 0 Å². The van der Waals surface area contributed by atoms with E-state index in [9.17, 15) is 0 Å². The van der Waals surface area contributed by atoms with E-state index in [1.807, 2.05) is 18.3 Å². The van der Waals surface area contributed by atoms with Crippen LogP contribution in [0, 0.1) is 13.8 Å². The first-order chi connectivity index (χ1) is 17.0. The molecule has 1 N–H and O–H groups in total. The molecule has 35 heavy (non-hydrogen) atoms. The molecule has 3 heterocycles. The molecule has 0 saturated carbocycles. The summed E-state index contributed by atoms with van der Waals surface area (Å²) in [6.45, 7) is 8.82. The smallest absolute Gasteiger partial charge is 0.174 e. The molecule has 4 nitrogen and oxygen atoms in total. The minimum absolute atomic E-state index is 0.0152. The van der Waals surface area contributed by atoms with Crippen LogP contribution in [0.15, 0.2) is 79.0 Å². The maximum atomic E-state index is 5.93. The van der Waals surface area contributed by atoms with Gasteiger partial charge < -0.3 is 14.8 Å². The monoisotopic (exact) mass is 480 g/mol. The Morgan fingerprint density at radius 3 is 2.34 bits per heavy atom. The number of hydrogen-bond donors (Lipinski definition) is 1. The highest BCUT2D eigenvalue weighted by atomic mass is 32.1. The maximum Gasteiger partial charge on any atom is 0.174 e. The van der Waals surface area contributed by atoms with Crippen molar-refractivity contribution < 1.29 is 0 Å². The molecule has 0 radical (unpaired) electrons. The first-order valence-corrected chi connectivity index (χ1v) is 12.8. The van der Waals surface area contributed by atoms with Crippen LogP contribution in [-0.4, -0.2) is 14.7 Å². The summed E-state index contributed by atoms with van der Waals surface area (Å²) >= 11 is 5.93. The van der Waals surface area contributed by atoms with Gasteiger partial charge in [-0.15, -0.1) is 0 Å². The molecule has 1 saturated heterocycles. The molecule has 0 spiro atoms. The third-order valence-electron chi connectivity index (χ3n) is 7.12. The second-order valence-corrected chi connectivity index (χ2v) is 9.55. The SMILES string of the molecule is CCc1ccc(N2C(=S)N[C@@H](c3ccccn3)[C@@H]2c2cc(C)n(-c3ccccc3CC)c2C)cc1. The third-order valence-corrected chi connectivity index (χ3v) is 7.44. The van der Waals surface area contributed by atoms with Crippen LogP contribution in [0.25, 0.3) is 5.69 Å². The van der Waals surface area contributed by atoms with Gasteiger partial charge in [0.2, 0.25) is 0 Å². The fourth-order valence-electron chi connectivity index (χ4n) is 5.33. The van der Waals surface area contributed by atoms with Crippen molar-refractivity contribution in [1.82, 2.24) is 14.9 Å². The number of hydrogen-bond acceptors (Lipinski definition) is 2. The Bertz CT molecular complexity index is 1340. The minimum Gasteiger partial charge on any atom is -0.351 e. The number of pyridine rings is 1. The first kappa shape index (κ1) is 23.3. The molecule has 2 aromatic carbocycles. The zero-order chi connectivity index (χ0) is 24.5. The van der Waals surface area contributed by atoms with E-state index >= 15 is 0 Å². The van der Waals surface area contributed by atoms with Crippen molar-refractivity contribution in [3.8, 4) is 5.69 Å². The van der Waals surface area contributed by atoms with E-state index in [0.717, 1.165) is 29.3 Å². The molecule has 2 aromatic heterocycles. The van der Waals surface area contributed by atoms with E-state index in [4.69, 9.17) is 17.2 Å². The summed E-state index contributed by atoms with van der Waals surface area (Å²) in [5.74, 6) is 0. The third kappa shape index (κ3) is 4.14. The molecule has 2 atom stereocenters. The Hall–Kier alpha value is -3.44. The first-order valence-electron chi connectivity index (χ1n) is 12.4. The quantitative estimate of drug-likeness (QED) is 0.308. The van der Waals surface area contributed by atoms with Crippen LogP contribution in [0.5, 0.6) is 0 Å². The van der Waals surface area contributed by atoms with Crippen molar-refractivity contribution in [3.05, 3.63) is 113 Å². The minimum atomic E-state index is -0.0510. The number of benzene rings is 2. The fraction of sp³-hybridized carbons (Fsp3) is 0.267. The van der Waals surface area contributed by atoms with Gasteiger partial charge in [-0.25, -0.2) is 0 Å². The van der Waals surface area contributed by atoms with Gasteiger partial charge in [-0.2, -0.15) is 0 Å². The molecule has 4 aromatic rings. The molecule has 1 fully saturated rings. The van der Waals surface area contributed by atoms with Crippen molar-refractivity contribution >= 4 is 23.0 Å². The average Bonchev–Trinajstić information content (AvgIpc) is 3.39. The Labute approximate surface area is 213 Å². The number of anilines is 1. The van der Waals surface area contributed by atoms with Crippen molar-refractivity contribution in [2.75, 3.05) is 4.90 Å². The number of thiocarbonyl (C=S) groups is 1. The highest BCUT2D eigenvalue weighted by Crippen LogP contribution is 2.44. The van der Waals surface area contributed by atoms with Crippen molar-refractivity contribution in [1.29, 1.82) is 0 Å². The van der Waals surface area contributed by atoms with Gasteiger partial charge in [-0.1, -0.05) is 50.2 Å². The van der Waals surface area contributed by atoms with Crippen molar-refractivity contribution in [3.63, 3.8) is 0 Å². The molecule has 0 bridgehead atoms. The van der Waals surface area contributed by atoms with E-state index in [-0.39, 0.29) is 12.1 Å². The second-order valence-electron chi connectivity index (χ2n) is 9.16. The summed E-state index contributed by atoms with van der Waals surface area (Å²) in [4.78, 5) is 6.99. The molecular weight excluding hydrogens is 448 g/mol. The van der Waals surface area contributed by atoms with Gasteiger partial charge in [0, 0.05) is 29.0 Å². The highest BCUT2D eigenvalue weighted by Gasteiger charge is 2.42. The van der Waals surface area contributed by atoms with E-state index in [1.165, 1.54) is 33.8 Å². The molecule has 0 amide bonds. The summed E-state index contributed by atoms with van der Waals surface area (Å²) < 4.78 is 2.39. The van der Waals surface area contributed by atoms with Crippen molar-refractivity contribution in [2.45, 2.75) is 52.6 Å².